The van der Waals surface area contributed by atoms with Gasteiger partial charge in [0.05, 0.1) is 6.54 Å². The lowest BCUT2D eigenvalue weighted by molar-refractivity contribution is 0.549. The third-order valence-corrected chi connectivity index (χ3v) is 3.82. The number of imidazole rings is 1. The molecule has 0 unspecified atom stereocenters. The predicted octanol–water partition coefficient (Wildman–Crippen LogP) is 2.93. The molecule has 0 saturated carbocycles. The van der Waals surface area contributed by atoms with E-state index in [2.05, 4.69) is 67.5 Å². The molecule has 0 bridgehead atoms. The molecular formula is C9H15Br2N3. The first-order valence-electron chi connectivity index (χ1n) is 4.70. The maximum Gasteiger partial charge on any atom is 0.139 e. The molecule has 1 heterocycles. The Morgan fingerprint density at radius 2 is 2.07 bits per heavy atom. The Morgan fingerprint density at radius 3 is 2.57 bits per heavy atom. The summed E-state index contributed by atoms with van der Waals surface area (Å²) in [5.74, 6) is 1.06. The van der Waals surface area contributed by atoms with Crippen molar-refractivity contribution in [3.8, 4) is 0 Å². The van der Waals surface area contributed by atoms with Crippen LogP contribution in [0.5, 0.6) is 0 Å². The SMILES string of the molecule is CCn1c(CNC(C)C)nc(Br)c1Br. The third kappa shape index (κ3) is 2.81. The van der Waals surface area contributed by atoms with Crippen molar-refractivity contribution in [1.82, 2.24) is 14.9 Å². The van der Waals surface area contributed by atoms with Crippen molar-refractivity contribution in [3.63, 3.8) is 0 Å². The van der Waals surface area contributed by atoms with E-state index in [9.17, 15) is 0 Å². The second-order valence-electron chi connectivity index (χ2n) is 3.39. The van der Waals surface area contributed by atoms with Gasteiger partial charge in [0.15, 0.2) is 0 Å². The molecule has 0 saturated heterocycles. The minimum Gasteiger partial charge on any atom is -0.321 e. The number of rotatable bonds is 4. The molecule has 1 rings (SSSR count). The molecule has 1 aromatic rings. The van der Waals surface area contributed by atoms with Crippen LogP contribution in [0.1, 0.15) is 26.6 Å². The number of halogens is 2. The van der Waals surface area contributed by atoms with Gasteiger partial charge in [-0.1, -0.05) is 13.8 Å². The monoisotopic (exact) mass is 323 g/mol. The van der Waals surface area contributed by atoms with Gasteiger partial charge in [-0.2, -0.15) is 0 Å². The third-order valence-electron chi connectivity index (χ3n) is 1.93. The van der Waals surface area contributed by atoms with E-state index < -0.39 is 0 Å². The lowest BCUT2D eigenvalue weighted by Crippen LogP contribution is -2.24. The summed E-state index contributed by atoms with van der Waals surface area (Å²) in [6.45, 7) is 8.09. The molecule has 0 aliphatic rings. The van der Waals surface area contributed by atoms with Crippen LogP contribution in [0.2, 0.25) is 0 Å². The lowest BCUT2D eigenvalue weighted by Gasteiger charge is -2.09. The summed E-state index contributed by atoms with van der Waals surface area (Å²) < 4.78 is 4.03. The Labute approximate surface area is 102 Å². The van der Waals surface area contributed by atoms with E-state index in [1.807, 2.05) is 0 Å². The summed E-state index contributed by atoms with van der Waals surface area (Å²) in [5, 5.41) is 3.35. The fourth-order valence-corrected chi connectivity index (χ4v) is 2.16. The Hall–Kier alpha value is 0.130. The number of hydrogen-bond donors (Lipinski definition) is 1. The van der Waals surface area contributed by atoms with Crippen LogP contribution in [0, 0.1) is 0 Å². The summed E-state index contributed by atoms with van der Waals surface area (Å²) >= 11 is 6.90. The second-order valence-corrected chi connectivity index (χ2v) is 4.89. The second kappa shape index (κ2) is 5.28. The van der Waals surface area contributed by atoms with Gasteiger partial charge in [0, 0.05) is 12.6 Å². The van der Waals surface area contributed by atoms with Crippen LogP contribution in [0.15, 0.2) is 9.21 Å². The normalized spacial score (nSPS) is 11.3. The summed E-state index contributed by atoms with van der Waals surface area (Å²) in [4.78, 5) is 4.42. The smallest absolute Gasteiger partial charge is 0.139 e. The number of hydrogen-bond acceptors (Lipinski definition) is 2. The van der Waals surface area contributed by atoms with Crippen LogP contribution in [0.3, 0.4) is 0 Å². The largest absolute Gasteiger partial charge is 0.321 e. The minimum atomic E-state index is 0.481. The van der Waals surface area contributed by atoms with Gasteiger partial charge in [-0.25, -0.2) is 4.98 Å². The van der Waals surface area contributed by atoms with Crippen LogP contribution in [0.25, 0.3) is 0 Å². The van der Waals surface area contributed by atoms with Crippen molar-refractivity contribution < 1.29 is 0 Å². The summed E-state index contributed by atoms with van der Waals surface area (Å²) in [6, 6.07) is 0.481. The fourth-order valence-electron chi connectivity index (χ4n) is 1.20. The summed E-state index contributed by atoms with van der Waals surface area (Å²) in [7, 11) is 0. The molecule has 0 aliphatic carbocycles. The zero-order valence-electron chi connectivity index (χ0n) is 8.64. The molecule has 0 radical (unpaired) electrons. The van der Waals surface area contributed by atoms with E-state index in [4.69, 9.17) is 0 Å². The molecule has 0 aliphatic heterocycles. The molecular weight excluding hydrogens is 310 g/mol. The molecule has 1 aromatic heterocycles. The van der Waals surface area contributed by atoms with Crippen LogP contribution in [-0.4, -0.2) is 15.6 Å². The van der Waals surface area contributed by atoms with E-state index in [1.54, 1.807) is 0 Å². The maximum atomic E-state index is 4.42. The summed E-state index contributed by atoms with van der Waals surface area (Å²) in [6.07, 6.45) is 0. The quantitative estimate of drug-likeness (QED) is 0.923. The highest BCUT2D eigenvalue weighted by molar-refractivity contribution is 9.13. The first kappa shape index (κ1) is 12.2. The van der Waals surface area contributed by atoms with Crippen molar-refractivity contribution in [2.45, 2.75) is 39.9 Å². The molecule has 0 amide bonds. The molecule has 0 spiro atoms. The van der Waals surface area contributed by atoms with Gasteiger partial charge >= 0.3 is 0 Å². The van der Waals surface area contributed by atoms with Crippen molar-refractivity contribution in [1.29, 1.82) is 0 Å². The minimum absolute atomic E-state index is 0.481. The van der Waals surface area contributed by atoms with Gasteiger partial charge in [-0.15, -0.1) is 0 Å². The van der Waals surface area contributed by atoms with E-state index >= 15 is 0 Å². The number of nitrogens with zero attached hydrogens (tertiary/aromatic N) is 2. The molecule has 3 nitrogen and oxygen atoms in total. The van der Waals surface area contributed by atoms with Crippen molar-refractivity contribution in [2.24, 2.45) is 0 Å². The first-order chi connectivity index (χ1) is 6.56. The highest BCUT2D eigenvalue weighted by Crippen LogP contribution is 2.23. The van der Waals surface area contributed by atoms with E-state index in [0.717, 1.165) is 28.1 Å². The topological polar surface area (TPSA) is 29.9 Å². The molecule has 0 aromatic carbocycles. The van der Waals surface area contributed by atoms with Crippen molar-refractivity contribution in [3.05, 3.63) is 15.0 Å². The standard InChI is InChI=1S/C9H15Br2N3/c1-4-14-7(5-12-6(2)3)13-8(10)9(14)11/h6,12H,4-5H2,1-3H3. The molecule has 0 fully saturated rings. The Kier molecular flexibility index (Phi) is 4.60. The highest BCUT2D eigenvalue weighted by Gasteiger charge is 2.11. The Morgan fingerprint density at radius 1 is 1.43 bits per heavy atom. The lowest BCUT2D eigenvalue weighted by atomic mass is 10.4. The molecule has 5 heteroatoms. The van der Waals surface area contributed by atoms with E-state index in [-0.39, 0.29) is 0 Å². The van der Waals surface area contributed by atoms with Gasteiger partial charge < -0.3 is 9.88 Å². The van der Waals surface area contributed by atoms with E-state index in [1.165, 1.54) is 0 Å². The first-order valence-corrected chi connectivity index (χ1v) is 6.28. The molecule has 1 N–H and O–H groups in total. The van der Waals surface area contributed by atoms with Gasteiger partial charge in [0.25, 0.3) is 0 Å². The van der Waals surface area contributed by atoms with Gasteiger partial charge in [0.2, 0.25) is 0 Å². The Balaban J connectivity index is 2.80. The van der Waals surface area contributed by atoms with Crippen LogP contribution in [0.4, 0.5) is 0 Å². The fraction of sp³-hybridized carbons (Fsp3) is 0.667. The molecule has 80 valence electrons. The van der Waals surface area contributed by atoms with Crippen LogP contribution in [-0.2, 0) is 13.1 Å². The predicted molar refractivity (Wildman–Crippen MR) is 65.3 cm³/mol. The number of aromatic nitrogens is 2. The molecule has 14 heavy (non-hydrogen) atoms. The average Bonchev–Trinajstić information content (AvgIpc) is 2.39. The van der Waals surface area contributed by atoms with E-state index in [0.29, 0.717) is 6.04 Å². The van der Waals surface area contributed by atoms with Crippen molar-refractivity contribution in [2.75, 3.05) is 0 Å². The number of nitrogens with one attached hydrogen (secondary N) is 1. The average molecular weight is 325 g/mol. The molecule has 0 atom stereocenters. The zero-order valence-corrected chi connectivity index (χ0v) is 11.8. The Bertz CT molecular complexity index is 307. The maximum absolute atomic E-state index is 4.42. The van der Waals surface area contributed by atoms with Crippen LogP contribution < -0.4 is 5.32 Å². The van der Waals surface area contributed by atoms with Crippen molar-refractivity contribution >= 4 is 31.9 Å². The summed E-state index contributed by atoms with van der Waals surface area (Å²) in [5.41, 5.74) is 0. The van der Waals surface area contributed by atoms with Crippen LogP contribution >= 0.6 is 31.9 Å². The highest BCUT2D eigenvalue weighted by atomic mass is 79.9. The van der Waals surface area contributed by atoms with Gasteiger partial charge in [-0.3, -0.25) is 0 Å². The van der Waals surface area contributed by atoms with Gasteiger partial charge in [0.1, 0.15) is 15.0 Å². The zero-order chi connectivity index (χ0) is 10.7. The van der Waals surface area contributed by atoms with Gasteiger partial charge in [-0.05, 0) is 38.8 Å².